The fourth-order valence-electron chi connectivity index (χ4n) is 4.00. The number of rotatable bonds is 6. The zero-order valence-corrected chi connectivity index (χ0v) is 22.1. The molecule has 1 N–H and O–H groups in total. The topological polar surface area (TPSA) is 69.0 Å². The Balaban J connectivity index is 0.00000363. The minimum Gasteiger partial charge on any atom is -0.368 e. The number of para-hydroxylation sites is 1. The normalized spacial score (nSPS) is 14.4. The standard InChI is InChI=1S/C23H35N7O.HI/c1-18(2)22-19(17-28(5)26-22)16-27(4)23(24-3)25-15-21(31)30-13-11-29(12-14-30)20-9-7-6-8-10-20;/h6-10,17-18H,11-16H2,1-5H3,(H,24,25);1H. The Morgan fingerprint density at radius 1 is 1.19 bits per heavy atom. The summed E-state index contributed by atoms with van der Waals surface area (Å²) in [5, 5.41) is 7.81. The molecular weight excluding hydrogens is 517 g/mol. The molecule has 8 nitrogen and oxygen atoms in total. The third-order valence-electron chi connectivity index (χ3n) is 5.62. The Bertz CT molecular complexity index is 889. The second-order valence-electron chi connectivity index (χ2n) is 8.33. The van der Waals surface area contributed by atoms with E-state index in [1.807, 2.05) is 34.6 Å². The number of nitrogens with one attached hydrogen (secondary N) is 1. The van der Waals surface area contributed by atoms with Gasteiger partial charge in [0, 0.05) is 71.3 Å². The molecule has 9 heteroatoms. The lowest BCUT2D eigenvalue weighted by Crippen LogP contribution is -2.52. The molecule has 0 bridgehead atoms. The first-order chi connectivity index (χ1) is 14.9. The van der Waals surface area contributed by atoms with E-state index in [1.165, 1.54) is 11.3 Å². The Hall–Kier alpha value is -2.30. The molecule has 0 spiro atoms. The van der Waals surface area contributed by atoms with Crippen LogP contribution in [0.1, 0.15) is 31.0 Å². The summed E-state index contributed by atoms with van der Waals surface area (Å²) in [5.41, 5.74) is 3.48. The molecular formula is C23H36IN7O. The number of carbonyl (C=O) groups is 1. The number of benzene rings is 1. The SMILES string of the molecule is CN=C(NCC(=O)N1CCN(c2ccccc2)CC1)N(C)Cc1cn(C)nc1C(C)C.I. The van der Waals surface area contributed by atoms with Crippen LogP contribution in [-0.2, 0) is 18.4 Å². The molecule has 1 fully saturated rings. The highest BCUT2D eigenvalue weighted by Crippen LogP contribution is 2.19. The highest BCUT2D eigenvalue weighted by molar-refractivity contribution is 14.0. The first-order valence-electron chi connectivity index (χ1n) is 10.9. The van der Waals surface area contributed by atoms with E-state index >= 15 is 0 Å². The van der Waals surface area contributed by atoms with Crippen LogP contribution in [0, 0.1) is 0 Å². The number of nitrogens with zero attached hydrogens (tertiary/aromatic N) is 6. The van der Waals surface area contributed by atoms with Gasteiger partial charge in [-0.1, -0.05) is 32.0 Å². The number of hydrogen-bond acceptors (Lipinski definition) is 4. The molecule has 0 saturated carbocycles. The molecule has 0 unspecified atom stereocenters. The van der Waals surface area contributed by atoms with Crippen molar-refractivity contribution >= 4 is 41.5 Å². The number of aromatic nitrogens is 2. The van der Waals surface area contributed by atoms with Gasteiger partial charge in [-0.05, 0) is 18.1 Å². The minimum atomic E-state index is 0. The van der Waals surface area contributed by atoms with Crippen LogP contribution in [0.25, 0.3) is 0 Å². The van der Waals surface area contributed by atoms with Gasteiger partial charge in [-0.2, -0.15) is 5.10 Å². The summed E-state index contributed by atoms with van der Waals surface area (Å²) in [5.74, 6) is 1.16. The highest BCUT2D eigenvalue weighted by atomic mass is 127. The van der Waals surface area contributed by atoms with E-state index in [1.54, 1.807) is 7.05 Å². The molecule has 2 aromatic rings. The van der Waals surface area contributed by atoms with E-state index in [0.717, 1.165) is 31.9 Å². The van der Waals surface area contributed by atoms with Gasteiger partial charge in [0.25, 0.3) is 0 Å². The lowest BCUT2D eigenvalue weighted by atomic mass is 10.1. The van der Waals surface area contributed by atoms with E-state index in [0.29, 0.717) is 18.4 Å². The third-order valence-corrected chi connectivity index (χ3v) is 5.62. The fraction of sp³-hybridized carbons (Fsp3) is 0.522. The Morgan fingerprint density at radius 3 is 2.44 bits per heavy atom. The number of carbonyl (C=O) groups excluding carboxylic acids is 1. The van der Waals surface area contributed by atoms with Crippen LogP contribution in [-0.4, -0.2) is 78.3 Å². The number of anilines is 1. The van der Waals surface area contributed by atoms with Gasteiger partial charge in [-0.3, -0.25) is 14.5 Å². The van der Waals surface area contributed by atoms with E-state index in [-0.39, 0.29) is 36.4 Å². The van der Waals surface area contributed by atoms with Gasteiger partial charge in [0.15, 0.2) is 5.96 Å². The van der Waals surface area contributed by atoms with Crippen molar-refractivity contribution in [1.29, 1.82) is 0 Å². The lowest BCUT2D eigenvalue weighted by Gasteiger charge is -2.36. The summed E-state index contributed by atoms with van der Waals surface area (Å²) in [7, 11) is 5.67. The van der Waals surface area contributed by atoms with E-state index in [4.69, 9.17) is 0 Å². The largest absolute Gasteiger partial charge is 0.368 e. The molecule has 1 aromatic carbocycles. The number of amides is 1. The number of hydrogen-bond donors (Lipinski definition) is 1. The molecule has 0 atom stereocenters. The van der Waals surface area contributed by atoms with Crippen LogP contribution in [0.15, 0.2) is 41.5 Å². The van der Waals surface area contributed by atoms with Gasteiger partial charge in [0.2, 0.25) is 5.91 Å². The predicted molar refractivity (Wildman–Crippen MR) is 141 cm³/mol. The highest BCUT2D eigenvalue weighted by Gasteiger charge is 2.22. The van der Waals surface area contributed by atoms with E-state index < -0.39 is 0 Å². The second-order valence-corrected chi connectivity index (χ2v) is 8.33. The summed E-state index contributed by atoms with van der Waals surface area (Å²) < 4.78 is 1.85. The summed E-state index contributed by atoms with van der Waals surface area (Å²) in [6.07, 6.45) is 2.05. The molecule has 0 aliphatic carbocycles. The summed E-state index contributed by atoms with van der Waals surface area (Å²) in [6.45, 7) is 8.39. The van der Waals surface area contributed by atoms with Gasteiger partial charge in [-0.15, -0.1) is 24.0 Å². The van der Waals surface area contributed by atoms with Crippen molar-refractivity contribution < 1.29 is 4.79 Å². The van der Waals surface area contributed by atoms with E-state index in [2.05, 4.69) is 64.6 Å². The molecule has 3 rings (SSSR count). The van der Waals surface area contributed by atoms with Crippen LogP contribution in [0.2, 0.25) is 0 Å². The predicted octanol–water partition coefficient (Wildman–Crippen LogP) is 2.52. The zero-order chi connectivity index (χ0) is 22.4. The Labute approximate surface area is 208 Å². The van der Waals surface area contributed by atoms with Crippen LogP contribution < -0.4 is 10.2 Å². The molecule has 176 valence electrons. The number of aliphatic imine (C=N–C) groups is 1. The Kier molecular flexibility index (Phi) is 9.80. The molecule has 1 aromatic heterocycles. The molecule has 1 aliphatic rings. The molecule has 2 heterocycles. The van der Waals surface area contributed by atoms with Crippen molar-refractivity contribution in [3.63, 3.8) is 0 Å². The first-order valence-corrected chi connectivity index (χ1v) is 10.9. The van der Waals surface area contributed by atoms with Crippen LogP contribution >= 0.6 is 24.0 Å². The number of piperazine rings is 1. The van der Waals surface area contributed by atoms with Crippen molar-refractivity contribution in [1.82, 2.24) is 24.9 Å². The maximum Gasteiger partial charge on any atom is 0.242 e. The summed E-state index contributed by atoms with van der Waals surface area (Å²) in [4.78, 5) is 23.4. The number of halogens is 1. The van der Waals surface area contributed by atoms with Crippen molar-refractivity contribution in [3.8, 4) is 0 Å². The van der Waals surface area contributed by atoms with Crippen LogP contribution in [0.4, 0.5) is 5.69 Å². The summed E-state index contributed by atoms with van der Waals surface area (Å²) >= 11 is 0. The van der Waals surface area contributed by atoms with Crippen LogP contribution in [0.3, 0.4) is 0 Å². The quantitative estimate of drug-likeness (QED) is 0.339. The molecule has 0 radical (unpaired) electrons. The van der Waals surface area contributed by atoms with Gasteiger partial charge in [0.1, 0.15) is 0 Å². The molecule has 32 heavy (non-hydrogen) atoms. The average Bonchev–Trinajstić information content (AvgIpc) is 3.15. The van der Waals surface area contributed by atoms with Gasteiger partial charge in [-0.25, -0.2) is 0 Å². The Morgan fingerprint density at radius 2 is 1.84 bits per heavy atom. The monoisotopic (exact) mass is 553 g/mol. The lowest BCUT2D eigenvalue weighted by molar-refractivity contribution is -0.130. The molecule has 1 amide bonds. The van der Waals surface area contributed by atoms with Crippen molar-refractivity contribution in [2.75, 3.05) is 51.7 Å². The average molecular weight is 553 g/mol. The van der Waals surface area contributed by atoms with Crippen molar-refractivity contribution in [2.45, 2.75) is 26.3 Å². The summed E-state index contributed by atoms with van der Waals surface area (Å²) in [6, 6.07) is 10.4. The van der Waals surface area contributed by atoms with Crippen molar-refractivity contribution in [3.05, 3.63) is 47.8 Å². The van der Waals surface area contributed by atoms with Gasteiger partial charge >= 0.3 is 0 Å². The third kappa shape index (κ3) is 6.60. The maximum absolute atomic E-state index is 12.7. The number of guanidine groups is 1. The second kappa shape index (κ2) is 12.1. The van der Waals surface area contributed by atoms with Crippen molar-refractivity contribution in [2.24, 2.45) is 12.0 Å². The van der Waals surface area contributed by atoms with Gasteiger partial charge < -0.3 is 20.0 Å². The van der Waals surface area contributed by atoms with Gasteiger partial charge in [0.05, 0.1) is 12.2 Å². The van der Waals surface area contributed by atoms with E-state index in [9.17, 15) is 4.79 Å². The van der Waals surface area contributed by atoms with Crippen LogP contribution in [0.5, 0.6) is 0 Å². The minimum absolute atomic E-state index is 0. The zero-order valence-electron chi connectivity index (χ0n) is 19.8. The first kappa shape index (κ1) is 26.0. The molecule has 1 aliphatic heterocycles. The fourth-order valence-corrected chi connectivity index (χ4v) is 4.00. The number of aryl methyl sites for hydroxylation is 1. The maximum atomic E-state index is 12.7. The molecule has 1 saturated heterocycles. The smallest absolute Gasteiger partial charge is 0.242 e.